The molecular formula is C14H22N2O3. The van der Waals surface area contributed by atoms with E-state index < -0.39 is 0 Å². The van der Waals surface area contributed by atoms with Gasteiger partial charge < -0.3 is 20.5 Å². The van der Waals surface area contributed by atoms with Gasteiger partial charge in [0, 0.05) is 31.5 Å². The second kappa shape index (κ2) is 8.37. The van der Waals surface area contributed by atoms with E-state index in [1.165, 1.54) is 7.11 Å². The number of anilines is 1. The maximum atomic E-state index is 12.0. The van der Waals surface area contributed by atoms with Crippen molar-refractivity contribution in [1.82, 2.24) is 5.32 Å². The molecule has 1 amide bonds. The summed E-state index contributed by atoms with van der Waals surface area (Å²) in [5.74, 6) is 0.326. The summed E-state index contributed by atoms with van der Waals surface area (Å²) in [5.41, 5.74) is 6.71. The monoisotopic (exact) mass is 266 g/mol. The van der Waals surface area contributed by atoms with E-state index in [-0.39, 0.29) is 5.91 Å². The maximum absolute atomic E-state index is 12.0. The second-order valence-electron chi connectivity index (χ2n) is 4.18. The predicted molar refractivity (Wildman–Crippen MR) is 75.5 cm³/mol. The fourth-order valence-electron chi connectivity index (χ4n) is 1.61. The van der Waals surface area contributed by atoms with E-state index in [0.29, 0.717) is 30.2 Å². The fourth-order valence-corrected chi connectivity index (χ4v) is 1.61. The number of rotatable bonds is 8. The van der Waals surface area contributed by atoms with Crippen LogP contribution in [0.15, 0.2) is 18.2 Å². The van der Waals surface area contributed by atoms with Crippen LogP contribution in [0.2, 0.25) is 0 Å². The van der Waals surface area contributed by atoms with Crippen LogP contribution in [0.4, 0.5) is 5.69 Å². The fraction of sp³-hybridized carbons (Fsp3) is 0.500. The maximum Gasteiger partial charge on any atom is 0.255 e. The first-order valence-electron chi connectivity index (χ1n) is 6.48. The summed E-state index contributed by atoms with van der Waals surface area (Å²) in [4.78, 5) is 12.0. The van der Waals surface area contributed by atoms with E-state index in [1.54, 1.807) is 18.2 Å². The minimum atomic E-state index is -0.160. The van der Waals surface area contributed by atoms with Crippen molar-refractivity contribution in [2.45, 2.75) is 19.8 Å². The zero-order valence-electron chi connectivity index (χ0n) is 11.6. The summed E-state index contributed by atoms with van der Waals surface area (Å²) in [6.45, 7) is 4.07. The Morgan fingerprint density at radius 1 is 1.37 bits per heavy atom. The Labute approximate surface area is 114 Å². The average molecular weight is 266 g/mol. The third kappa shape index (κ3) is 5.18. The van der Waals surface area contributed by atoms with Crippen molar-refractivity contribution < 1.29 is 14.3 Å². The predicted octanol–water partition coefficient (Wildman–Crippen LogP) is 1.82. The third-order valence-electron chi connectivity index (χ3n) is 2.57. The molecule has 0 spiro atoms. The number of carbonyl (C=O) groups excluding carboxylic acids is 1. The molecule has 0 aliphatic carbocycles. The lowest BCUT2D eigenvalue weighted by molar-refractivity contribution is 0.0938. The minimum absolute atomic E-state index is 0.160. The molecule has 0 radical (unpaired) electrons. The first kappa shape index (κ1) is 15.3. The molecule has 5 heteroatoms. The first-order valence-corrected chi connectivity index (χ1v) is 6.48. The minimum Gasteiger partial charge on any atom is -0.496 e. The summed E-state index contributed by atoms with van der Waals surface area (Å²) < 4.78 is 10.5. The van der Waals surface area contributed by atoms with Crippen molar-refractivity contribution in [1.29, 1.82) is 0 Å². The van der Waals surface area contributed by atoms with Crippen LogP contribution in [-0.4, -0.2) is 32.8 Å². The van der Waals surface area contributed by atoms with E-state index in [1.807, 2.05) is 0 Å². The Hall–Kier alpha value is -1.75. The molecule has 5 nitrogen and oxygen atoms in total. The molecule has 19 heavy (non-hydrogen) atoms. The zero-order valence-corrected chi connectivity index (χ0v) is 11.6. The topological polar surface area (TPSA) is 73.6 Å². The number of hydrogen-bond acceptors (Lipinski definition) is 4. The SMILES string of the molecule is CCCOCCCNC(=O)c1ccc(N)cc1OC. The van der Waals surface area contributed by atoms with Gasteiger partial charge in [0.2, 0.25) is 0 Å². The molecular weight excluding hydrogens is 244 g/mol. The Balaban J connectivity index is 2.41. The number of nitrogen functional groups attached to an aromatic ring is 1. The van der Waals surface area contributed by atoms with Crippen molar-refractivity contribution in [3.8, 4) is 5.75 Å². The molecule has 0 fully saturated rings. The van der Waals surface area contributed by atoms with Gasteiger partial charge in [-0.05, 0) is 25.0 Å². The van der Waals surface area contributed by atoms with Crippen LogP contribution in [-0.2, 0) is 4.74 Å². The number of nitrogens with two attached hydrogens (primary N) is 1. The number of carbonyl (C=O) groups is 1. The molecule has 0 aliphatic heterocycles. The largest absolute Gasteiger partial charge is 0.496 e. The molecule has 0 bridgehead atoms. The lowest BCUT2D eigenvalue weighted by Gasteiger charge is -2.10. The highest BCUT2D eigenvalue weighted by molar-refractivity contribution is 5.97. The highest BCUT2D eigenvalue weighted by Crippen LogP contribution is 2.21. The Morgan fingerprint density at radius 2 is 2.16 bits per heavy atom. The molecule has 3 N–H and O–H groups in total. The molecule has 1 rings (SSSR count). The lowest BCUT2D eigenvalue weighted by atomic mass is 10.1. The highest BCUT2D eigenvalue weighted by atomic mass is 16.5. The Morgan fingerprint density at radius 3 is 2.84 bits per heavy atom. The van der Waals surface area contributed by atoms with Gasteiger partial charge in [-0.25, -0.2) is 0 Å². The van der Waals surface area contributed by atoms with E-state index in [2.05, 4.69) is 12.2 Å². The second-order valence-corrected chi connectivity index (χ2v) is 4.18. The van der Waals surface area contributed by atoms with Crippen LogP contribution in [0.3, 0.4) is 0 Å². The summed E-state index contributed by atoms with van der Waals surface area (Å²) >= 11 is 0. The number of amides is 1. The highest BCUT2D eigenvalue weighted by Gasteiger charge is 2.11. The van der Waals surface area contributed by atoms with Crippen molar-refractivity contribution >= 4 is 11.6 Å². The van der Waals surface area contributed by atoms with Gasteiger partial charge in [-0.1, -0.05) is 6.92 Å². The van der Waals surface area contributed by atoms with Gasteiger partial charge in [-0.15, -0.1) is 0 Å². The zero-order chi connectivity index (χ0) is 14.1. The molecule has 0 atom stereocenters. The summed E-state index contributed by atoms with van der Waals surface area (Å²) in [6.07, 6.45) is 1.80. The van der Waals surface area contributed by atoms with Gasteiger partial charge in [-0.3, -0.25) is 4.79 Å². The van der Waals surface area contributed by atoms with E-state index in [0.717, 1.165) is 19.4 Å². The summed E-state index contributed by atoms with van der Waals surface area (Å²) in [7, 11) is 1.52. The molecule has 0 saturated heterocycles. The third-order valence-corrected chi connectivity index (χ3v) is 2.57. The normalized spacial score (nSPS) is 10.2. The number of methoxy groups -OCH3 is 1. The van der Waals surface area contributed by atoms with Crippen LogP contribution < -0.4 is 15.8 Å². The number of ether oxygens (including phenoxy) is 2. The van der Waals surface area contributed by atoms with Crippen molar-refractivity contribution in [2.24, 2.45) is 0 Å². The molecule has 0 saturated carbocycles. The quantitative estimate of drug-likeness (QED) is 0.556. The summed E-state index contributed by atoms with van der Waals surface area (Å²) in [6, 6.07) is 4.98. The first-order chi connectivity index (χ1) is 9.19. The van der Waals surface area contributed by atoms with Gasteiger partial charge in [0.1, 0.15) is 5.75 Å². The van der Waals surface area contributed by atoms with Crippen molar-refractivity contribution in [3.63, 3.8) is 0 Å². The summed E-state index contributed by atoms with van der Waals surface area (Å²) in [5, 5.41) is 2.83. The number of benzene rings is 1. The van der Waals surface area contributed by atoms with E-state index in [9.17, 15) is 4.79 Å². The average Bonchev–Trinajstić information content (AvgIpc) is 2.42. The van der Waals surface area contributed by atoms with Crippen LogP contribution in [0.25, 0.3) is 0 Å². The van der Waals surface area contributed by atoms with Gasteiger partial charge in [-0.2, -0.15) is 0 Å². The van der Waals surface area contributed by atoms with Crippen LogP contribution in [0.1, 0.15) is 30.1 Å². The van der Waals surface area contributed by atoms with Crippen molar-refractivity contribution in [2.75, 3.05) is 32.6 Å². The van der Waals surface area contributed by atoms with E-state index >= 15 is 0 Å². The van der Waals surface area contributed by atoms with Gasteiger partial charge in [0.15, 0.2) is 0 Å². The number of hydrogen-bond donors (Lipinski definition) is 2. The number of nitrogens with one attached hydrogen (secondary N) is 1. The molecule has 0 aromatic heterocycles. The molecule has 1 aromatic rings. The van der Waals surface area contributed by atoms with Crippen LogP contribution in [0.5, 0.6) is 5.75 Å². The molecule has 0 heterocycles. The molecule has 106 valence electrons. The molecule has 0 aliphatic rings. The van der Waals surface area contributed by atoms with Gasteiger partial charge >= 0.3 is 0 Å². The van der Waals surface area contributed by atoms with Crippen LogP contribution in [0, 0.1) is 0 Å². The van der Waals surface area contributed by atoms with E-state index in [4.69, 9.17) is 15.2 Å². The van der Waals surface area contributed by atoms with Gasteiger partial charge in [0.05, 0.1) is 12.7 Å². The Kier molecular flexibility index (Phi) is 6.74. The molecule has 1 aromatic carbocycles. The van der Waals surface area contributed by atoms with Gasteiger partial charge in [0.25, 0.3) is 5.91 Å². The smallest absolute Gasteiger partial charge is 0.255 e. The lowest BCUT2D eigenvalue weighted by Crippen LogP contribution is -2.25. The van der Waals surface area contributed by atoms with Crippen LogP contribution >= 0.6 is 0 Å². The standard InChI is InChI=1S/C14H22N2O3/c1-3-8-19-9-4-7-16-14(17)12-6-5-11(15)10-13(12)18-2/h5-6,10H,3-4,7-9,15H2,1-2H3,(H,16,17). The molecule has 0 unspecified atom stereocenters. The Bertz CT molecular complexity index is 408. The van der Waals surface area contributed by atoms with Crippen molar-refractivity contribution in [3.05, 3.63) is 23.8 Å².